The molecule has 3 N–H and O–H groups in total. The van der Waals surface area contributed by atoms with Gasteiger partial charge in [0.1, 0.15) is 19.3 Å². The zero-order valence-electron chi connectivity index (χ0n) is 51.5. The minimum atomic E-state index is -4.94. The highest BCUT2D eigenvalue weighted by atomic mass is 31.2. The number of aliphatic hydroxyl groups is 1. The molecule has 0 spiro atoms. The largest absolute Gasteiger partial charge is 0.472 e. The maximum atomic E-state index is 12.9. The molecule has 0 radical (unpaired) electrons. The van der Waals surface area contributed by atoms with Crippen molar-refractivity contribution in [1.29, 1.82) is 0 Å². The van der Waals surface area contributed by atoms with Crippen LogP contribution in [0.3, 0.4) is 0 Å². The monoisotopic (exact) mass is 1180 g/mol. The SMILES string of the molecule is CCCCCCCC(=O)OC[C@H](COP(=O)(O)OC[C@H](O)COP(=O)(O)OC[C@@H](COC(=O)CCCCCCCCCC(C)C)OC(=O)CCCCCCCCCCCCCCCC(C)C)OC(=O)CCCCCCCCC(C)C. The smallest absolute Gasteiger partial charge is 0.462 e. The normalized spacial score (nSPS) is 14.5. The summed E-state index contributed by atoms with van der Waals surface area (Å²) in [7, 11) is -9.87. The van der Waals surface area contributed by atoms with Crippen LogP contribution in [0.5, 0.6) is 0 Å². The maximum Gasteiger partial charge on any atom is 0.472 e. The fourth-order valence-electron chi connectivity index (χ4n) is 8.95. The summed E-state index contributed by atoms with van der Waals surface area (Å²) in [6, 6.07) is 0. The molecular weight excluding hydrogens is 1070 g/mol. The molecule has 0 saturated carbocycles. The predicted octanol–water partition coefficient (Wildman–Crippen LogP) is 16.3. The van der Waals surface area contributed by atoms with E-state index in [1.54, 1.807) is 0 Å². The van der Waals surface area contributed by atoms with Gasteiger partial charge in [-0.3, -0.25) is 37.3 Å². The van der Waals surface area contributed by atoms with Gasteiger partial charge < -0.3 is 33.8 Å². The Kier molecular flexibility index (Phi) is 51.3. The van der Waals surface area contributed by atoms with Gasteiger partial charge in [0.2, 0.25) is 0 Å². The molecule has 0 heterocycles. The van der Waals surface area contributed by atoms with Gasteiger partial charge in [-0.05, 0) is 43.4 Å². The van der Waals surface area contributed by atoms with Crippen LogP contribution >= 0.6 is 15.6 Å². The van der Waals surface area contributed by atoms with Crippen LogP contribution in [0.1, 0.15) is 292 Å². The van der Waals surface area contributed by atoms with E-state index in [1.807, 2.05) is 0 Å². The Morgan fingerprint density at radius 1 is 0.338 bits per heavy atom. The molecule has 0 fully saturated rings. The van der Waals surface area contributed by atoms with E-state index in [1.165, 1.54) is 89.9 Å². The van der Waals surface area contributed by atoms with Gasteiger partial charge in [0, 0.05) is 25.7 Å². The van der Waals surface area contributed by atoms with Gasteiger partial charge in [-0.25, -0.2) is 9.13 Å². The molecule has 80 heavy (non-hydrogen) atoms. The van der Waals surface area contributed by atoms with Crippen molar-refractivity contribution in [2.24, 2.45) is 17.8 Å². The van der Waals surface area contributed by atoms with Crippen molar-refractivity contribution >= 4 is 39.5 Å². The van der Waals surface area contributed by atoms with E-state index in [9.17, 15) is 43.2 Å². The number of unbranched alkanes of at least 4 members (excludes halogenated alkanes) is 27. The van der Waals surface area contributed by atoms with Crippen LogP contribution in [0.25, 0.3) is 0 Å². The third kappa shape index (κ3) is 55.3. The average Bonchev–Trinajstić information content (AvgIpc) is 3.40. The standard InChI is InChI=1S/C61H118O17P2/c1-8-9-10-25-35-42-58(63)71-48-56(78-61(66)45-38-31-24-23-28-34-41-54(6)7)50-75-79(67,68)73-46-55(62)47-74-80(69,70)76-51-57(49-72-59(64)43-36-29-22-18-20-27-33-40-53(4)5)77-60(65)44-37-30-21-17-15-13-11-12-14-16-19-26-32-39-52(2)3/h52-57,62H,8-51H2,1-7H3,(H,67,68)(H,69,70)/t55-,56+,57+/m0/s1. The maximum absolute atomic E-state index is 12.9. The van der Waals surface area contributed by atoms with Gasteiger partial charge in [-0.2, -0.15) is 0 Å². The van der Waals surface area contributed by atoms with Gasteiger partial charge in [0.15, 0.2) is 12.2 Å². The Bertz CT molecular complexity index is 1600. The number of carbonyl (C=O) groups is 4. The van der Waals surface area contributed by atoms with Crippen LogP contribution in [0.15, 0.2) is 0 Å². The number of phosphoric ester groups is 2. The summed E-state index contributed by atoms with van der Waals surface area (Å²) < 4.78 is 67.6. The molecule has 0 aromatic heterocycles. The zero-order chi connectivity index (χ0) is 59.5. The highest BCUT2D eigenvalue weighted by Crippen LogP contribution is 2.45. The minimum Gasteiger partial charge on any atom is -0.462 e. The number of phosphoric acid groups is 2. The van der Waals surface area contributed by atoms with Crippen LogP contribution in [0, 0.1) is 17.8 Å². The molecule has 0 bridgehead atoms. The lowest BCUT2D eigenvalue weighted by Crippen LogP contribution is -2.30. The summed E-state index contributed by atoms with van der Waals surface area (Å²) in [4.78, 5) is 71.8. The summed E-state index contributed by atoms with van der Waals surface area (Å²) in [5.41, 5.74) is 0. The van der Waals surface area contributed by atoms with E-state index in [2.05, 4.69) is 48.5 Å². The number of esters is 4. The Morgan fingerprint density at radius 3 is 0.850 bits per heavy atom. The van der Waals surface area contributed by atoms with Crippen LogP contribution in [-0.2, 0) is 65.4 Å². The van der Waals surface area contributed by atoms with Crippen molar-refractivity contribution in [3.05, 3.63) is 0 Å². The minimum absolute atomic E-state index is 0.101. The van der Waals surface area contributed by atoms with E-state index in [-0.39, 0.29) is 25.7 Å². The van der Waals surface area contributed by atoms with Gasteiger partial charge in [0.25, 0.3) is 0 Å². The fraction of sp³-hybridized carbons (Fsp3) is 0.934. The van der Waals surface area contributed by atoms with E-state index in [0.29, 0.717) is 37.5 Å². The van der Waals surface area contributed by atoms with E-state index < -0.39 is 97.5 Å². The number of carbonyl (C=O) groups excluding carboxylic acids is 4. The summed E-state index contributed by atoms with van der Waals surface area (Å²) >= 11 is 0. The van der Waals surface area contributed by atoms with E-state index in [4.69, 9.17) is 37.0 Å². The first-order chi connectivity index (χ1) is 38.2. The molecule has 0 aromatic carbocycles. The number of aliphatic hydroxyl groups excluding tert-OH is 1. The van der Waals surface area contributed by atoms with Gasteiger partial charge in [0.05, 0.1) is 26.4 Å². The summed E-state index contributed by atoms with van der Waals surface area (Å²) in [6.07, 6.45) is 32.7. The number of rotatable bonds is 59. The number of ether oxygens (including phenoxy) is 4. The Labute approximate surface area is 486 Å². The number of hydrogen-bond donors (Lipinski definition) is 3. The van der Waals surface area contributed by atoms with Gasteiger partial charge in [-0.1, -0.05) is 241 Å². The molecule has 0 aliphatic rings. The Hall–Kier alpha value is -1.94. The molecule has 0 aromatic rings. The molecule has 17 nitrogen and oxygen atoms in total. The van der Waals surface area contributed by atoms with Gasteiger partial charge >= 0.3 is 39.5 Å². The Morgan fingerprint density at radius 2 is 0.575 bits per heavy atom. The molecule has 0 saturated heterocycles. The average molecular weight is 1190 g/mol. The van der Waals surface area contributed by atoms with Crippen molar-refractivity contribution in [1.82, 2.24) is 0 Å². The first-order valence-electron chi connectivity index (χ1n) is 31.8. The number of hydrogen-bond acceptors (Lipinski definition) is 15. The molecular formula is C61H118O17P2. The highest BCUT2D eigenvalue weighted by Gasteiger charge is 2.30. The van der Waals surface area contributed by atoms with E-state index in [0.717, 1.165) is 109 Å². The van der Waals surface area contributed by atoms with Crippen LogP contribution in [0.4, 0.5) is 0 Å². The fourth-order valence-corrected chi connectivity index (χ4v) is 10.5. The first kappa shape index (κ1) is 78.1. The molecule has 5 atom stereocenters. The second-order valence-electron chi connectivity index (χ2n) is 23.5. The summed E-state index contributed by atoms with van der Waals surface area (Å²) in [6.45, 7) is 11.5. The van der Waals surface area contributed by atoms with E-state index >= 15 is 0 Å². The van der Waals surface area contributed by atoms with Crippen molar-refractivity contribution in [3.8, 4) is 0 Å². The lowest BCUT2D eigenvalue weighted by atomic mass is 10.0. The molecule has 0 amide bonds. The zero-order valence-corrected chi connectivity index (χ0v) is 53.3. The van der Waals surface area contributed by atoms with Crippen molar-refractivity contribution < 1.29 is 80.2 Å². The Balaban J connectivity index is 5.16. The molecule has 0 aliphatic heterocycles. The second kappa shape index (κ2) is 52.6. The van der Waals surface area contributed by atoms with Crippen molar-refractivity contribution in [2.45, 2.75) is 311 Å². The molecule has 19 heteroatoms. The third-order valence-electron chi connectivity index (χ3n) is 13.9. The molecule has 0 rings (SSSR count). The van der Waals surface area contributed by atoms with Crippen LogP contribution in [0.2, 0.25) is 0 Å². The third-order valence-corrected chi connectivity index (χ3v) is 15.8. The topological polar surface area (TPSA) is 237 Å². The quantitative estimate of drug-likeness (QED) is 0.0222. The molecule has 2 unspecified atom stereocenters. The highest BCUT2D eigenvalue weighted by molar-refractivity contribution is 7.47. The van der Waals surface area contributed by atoms with Crippen LogP contribution in [-0.4, -0.2) is 96.7 Å². The van der Waals surface area contributed by atoms with Crippen molar-refractivity contribution in [2.75, 3.05) is 39.6 Å². The molecule has 0 aliphatic carbocycles. The van der Waals surface area contributed by atoms with Crippen molar-refractivity contribution in [3.63, 3.8) is 0 Å². The van der Waals surface area contributed by atoms with Gasteiger partial charge in [-0.15, -0.1) is 0 Å². The molecule has 474 valence electrons. The first-order valence-corrected chi connectivity index (χ1v) is 34.8. The lowest BCUT2D eigenvalue weighted by molar-refractivity contribution is -0.161. The lowest BCUT2D eigenvalue weighted by Gasteiger charge is -2.21. The second-order valence-corrected chi connectivity index (χ2v) is 26.4. The van der Waals surface area contributed by atoms with Crippen LogP contribution < -0.4 is 0 Å². The predicted molar refractivity (Wildman–Crippen MR) is 317 cm³/mol. The summed E-state index contributed by atoms with van der Waals surface area (Å²) in [5.74, 6) is 0.00614. The summed E-state index contributed by atoms with van der Waals surface area (Å²) in [5, 5.41) is 10.5.